The maximum absolute atomic E-state index is 13.1. The predicted octanol–water partition coefficient (Wildman–Crippen LogP) is 13.8. The van der Waals surface area contributed by atoms with Crippen molar-refractivity contribution in [3.63, 3.8) is 0 Å². The number of Topliss-reactive ketones (excluding diaryl/α,β-unsaturated/α-hetero) is 1. The Balaban J connectivity index is 0. The minimum atomic E-state index is -4.95. The number of rotatable bonds is 11. The molecule has 4 aliphatic carbocycles. The Hall–Kier alpha value is -4.21. The van der Waals surface area contributed by atoms with Gasteiger partial charge in [0.05, 0.1) is 11.7 Å². The average Bonchev–Trinajstić information content (AvgIpc) is 1.31. The van der Waals surface area contributed by atoms with E-state index in [4.69, 9.17) is 64.2 Å². The molecule has 7 atom stereocenters. The number of benzene rings is 5. The zero-order valence-electron chi connectivity index (χ0n) is 60.7. The van der Waals surface area contributed by atoms with Crippen molar-refractivity contribution in [1.29, 1.82) is 0 Å². The molecule has 7 aliphatic rings. The molecule has 12 rings (SSSR count). The third-order valence-corrected chi connectivity index (χ3v) is 17.6. The summed E-state index contributed by atoms with van der Waals surface area (Å²) in [6, 6.07) is 39.5. The van der Waals surface area contributed by atoms with E-state index < -0.39 is 34.9 Å². The van der Waals surface area contributed by atoms with Crippen molar-refractivity contribution in [2.75, 3.05) is 63.9 Å². The van der Waals surface area contributed by atoms with E-state index in [1.54, 1.807) is 13.8 Å². The molecule has 0 amide bonds. The second-order valence-corrected chi connectivity index (χ2v) is 26.2. The molecule has 0 aromatic heterocycles. The summed E-state index contributed by atoms with van der Waals surface area (Å²) in [5, 5.41) is 35.4. The molecule has 22 heteroatoms. The van der Waals surface area contributed by atoms with E-state index >= 15 is 0 Å². The number of nitrogen functional groups attached to an aromatic ring is 2. The van der Waals surface area contributed by atoms with Crippen molar-refractivity contribution in [3.05, 3.63) is 192 Å². The Kier molecular flexibility index (Phi) is 52.4. The average molecular weight is 1600 g/mol. The number of hydrogen-bond donors (Lipinski definition) is 6. The van der Waals surface area contributed by atoms with Gasteiger partial charge in [-0.25, -0.2) is 0 Å². The minimum Gasteiger partial charge on any atom is -1.00 e. The number of anilines is 2. The Bertz CT molecular complexity index is 3090. The normalized spacial score (nSPS) is 17.8. The van der Waals surface area contributed by atoms with Crippen LogP contribution in [0.15, 0.2) is 127 Å². The molecule has 10 nitrogen and oxygen atoms in total. The van der Waals surface area contributed by atoms with Gasteiger partial charge in [0.25, 0.3) is 5.78 Å². The number of carbonyl (C=O) groups excluding carboxylic acids is 1. The standard InChI is InChI=1S/2C14H20N.C13H11ClF3NO.C13H19NO.C8H5ClF3NO.C5H6.2C5H5.2C2H6O.ClH.Mg.2Zn/c2*1-12(14-8-4-3-5-9-14)13(2)15-10-6-7-11-15;14-9-3-4-11(18)10(7-9)12(19,13(15,16)17)6-5-8-1-2-8;1-11(14-9-5-6-10-14)13(15)12-7-3-2-4-8-12;9-4-1-2-6(13)5(3-4)7(14)8(10,11)12;3*1-2-5-3-4-5;2*1-2-3;;;;/h2*3-5,8-9,12-13H,1,6-7,10-11H2,2H3;3-4,7-8,19H,1-2,18H2;2-4,7-8,11,13,15H,5-6,9-10H2,1H3;1-3H,13H2;1,5H,3-4H2;2*5H,3-4H2;2*3H,2H2,1H3;1H;;;/q2*-1;;;;;2*-1;;;;+2;;+2/p-1/t;;12-;;;;;;;;;;;/m..0.........../s1. The number of aliphatic hydroxyl groups excluding tert-OH is 3. The zero-order chi connectivity index (χ0) is 73.7. The smallest absolute Gasteiger partial charge is 1.00 e. The van der Waals surface area contributed by atoms with Gasteiger partial charge >= 0.3 is 54.9 Å². The van der Waals surface area contributed by atoms with Crippen LogP contribution < -0.4 is 23.9 Å². The molecule has 0 spiro atoms. The Labute approximate surface area is 669 Å². The summed E-state index contributed by atoms with van der Waals surface area (Å²) in [6.45, 7) is 26.5. The molecule has 8 N–H and O–H groups in total. The van der Waals surface area contributed by atoms with Gasteiger partial charge in [-0.2, -0.15) is 26.3 Å². The predicted molar refractivity (Wildman–Crippen MR) is 396 cm³/mol. The van der Waals surface area contributed by atoms with E-state index in [-0.39, 0.29) is 127 Å². The zero-order valence-corrected chi connectivity index (χ0v) is 70.3. The molecule has 552 valence electrons. The van der Waals surface area contributed by atoms with Crippen LogP contribution in [-0.2, 0) is 44.6 Å². The Morgan fingerprint density at radius 1 is 0.583 bits per heavy atom. The maximum Gasteiger partial charge on any atom is 2.00 e. The number of nitrogens with two attached hydrogens (primary N) is 2. The molecule has 0 radical (unpaired) electrons. The van der Waals surface area contributed by atoms with Crippen LogP contribution in [0.1, 0.15) is 175 Å². The van der Waals surface area contributed by atoms with Crippen LogP contribution in [0.2, 0.25) is 10.0 Å². The van der Waals surface area contributed by atoms with Gasteiger partial charge in [-0.05, 0) is 216 Å². The molecule has 3 heterocycles. The number of carbonyl (C=O) groups is 1. The number of hydrogen-bond acceptors (Lipinski definition) is 10. The summed E-state index contributed by atoms with van der Waals surface area (Å²) in [4.78, 5) is 18.3. The van der Waals surface area contributed by atoms with E-state index in [1.165, 1.54) is 133 Å². The molecule has 6 unspecified atom stereocenters. The summed E-state index contributed by atoms with van der Waals surface area (Å²) in [7, 11) is 0. The van der Waals surface area contributed by atoms with Crippen molar-refractivity contribution in [3.8, 4) is 36.0 Å². The van der Waals surface area contributed by atoms with Crippen molar-refractivity contribution in [1.82, 2.24) is 14.7 Å². The SMILES string of the molecule is C#CC1CC1.CC(C(O)c1ccccc1)N1CCCC1.CCO.CCO.Nc1ccc(Cl)cc1C(=O)C(F)(F)F.Nc1ccc(Cl)cc1[C@@](O)(C#CC1CC1)C(F)(F)F.[C-]#CC1CC1.[C-]#CC1CC1.[CH2-]C(c1ccccc1)C(C)N1CCCC1.[CH2-]C(c1ccccc1)C(C)N1CCCC1.[Cl-].[Mg+2].[Zn+2].[Zn]. The second kappa shape index (κ2) is 53.6. The van der Waals surface area contributed by atoms with E-state index in [0.717, 1.165) is 49.7 Å². The van der Waals surface area contributed by atoms with Crippen LogP contribution in [0.3, 0.4) is 0 Å². The van der Waals surface area contributed by atoms with Gasteiger partial charge in [0.1, 0.15) is 0 Å². The van der Waals surface area contributed by atoms with Crippen molar-refractivity contribution in [2.24, 2.45) is 23.7 Å². The molecular formula is C81H103Cl3F6MgN5O5Zn2-. The van der Waals surface area contributed by atoms with Crippen LogP contribution in [-0.4, -0.2) is 147 Å². The van der Waals surface area contributed by atoms with Gasteiger partial charge in [0.2, 0.25) is 5.60 Å². The summed E-state index contributed by atoms with van der Waals surface area (Å²) < 4.78 is 75.4. The fourth-order valence-electron chi connectivity index (χ4n) is 10.2. The molecule has 7 fully saturated rings. The van der Waals surface area contributed by atoms with Gasteiger partial charge in [-0.15, -0.1) is 24.2 Å². The largest absolute Gasteiger partial charge is 2.00 e. The van der Waals surface area contributed by atoms with E-state index in [2.05, 4.69) is 134 Å². The number of likely N-dealkylation sites (tertiary alicyclic amines) is 3. The van der Waals surface area contributed by atoms with Gasteiger partial charge < -0.3 is 92.6 Å². The summed E-state index contributed by atoms with van der Waals surface area (Å²) >= 11 is 11.1. The quantitative estimate of drug-likeness (QED) is 0.0188. The Morgan fingerprint density at radius 3 is 1.19 bits per heavy atom. The molecule has 4 saturated carbocycles. The van der Waals surface area contributed by atoms with Crippen molar-refractivity contribution < 1.29 is 103 Å². The third-order valence-electron chi connectivity index (χ3n) is 17.1. The van der Waals surface area contributed by atoms with E-state index in [1.807, 2.05) is 36.3 Å². The molecule has 103 heavy (non-hydrogen) atoms. The topological polar surface area (TPSA) is 160 Å². The van der Waals surface area contributed by atoms with Crippen LogP contribution >= 0.6 is 23.2 Å². The molecule has 5 aromatic rings. The maximum atomic E-state index is 13.1. The van der Waals surface area contributed by atoms with Gasteiger partial charge in [-0.1, -0.05) is 151 Å². The fraction of sp³-hybridized carbons (Fsp3) is 0.494. The number of nitrogens with zero attached hydrogens (tertiary/aromatic N) is 3. The van der Waals surface area contributed by atoms with Gasteiger partial charge in [0.15, 0.2) is 0 Å². The number of ketones is 1. The summed E-state index contributed by atoms with van der Waals surface area (Å²) in [5.41, 5.74) is 9.58. The molecular weight excluding hydrogens is 1500 g/mol. The summed E-state index contributed by atoms with van der Waals surface area (Å²) in [6.07, 6.45) is 24.5. The number of terminal acetylenes is 1. The molecule has 0 bridgehead atoms. The second-order valence-electron chi connectivity index (χ2n) is 25.3. The first kappa shape index (κ1) is 101. The minimum absolute atomic E-state index is 0. The van der Waals surface area contributed by atoms with Crippen LogP contribution in [0, 0.1) is 86.4 Å². The van der Waals surface area contributed by atoms with Gasteiger partial charge in [0, 0.05) is 77.6 Å². The third kappa shape index (κ3) is 38.9. The summed E-state index contributed by atoms with van der Waals surface area (Å²) in [5.74, 6) is 12.3. The number of alkyl halides is 6. The van der Waals surface area contributed by atoms with E-state index in [0.29, 0.717) is 41.7 Å². The van der Waals surface area contributed by atoms with Crippen molar-refractivity contribution in [2.45, 2.75) is 179 Å². The number of halogens is 9. The molecule has 3 aliphatic heterocycles. The van der Waals surface area contributed by atoms with Crippen LogP contribution in [0.5, 0.6) is 0 Å². The molecule has 5 aromatic carbocycles. The first-order chi connectivity index (χ1) is 47.0. The van der Waals surface area contributed by atoms with E-state index in [9.17, 15) is 41.4 Å². The van der Waals surface area contributed by atoms with Crippen LogP contribution in [0.4, 0.5) is 37.7 Å². The van der Waals surface area contributed by atoms with Gasteiger partial charge in [-0.3, -0.25) is 9.69 Å². The number of aliphatic hydroxyl groups is 4. The Morgan fingerprint density at radius 2 is 0.903 bits per heavy atom. The monoisotopic (exact) mass is 1600 g/mol. The first-order valence-corrected chi connectivity index (χ1v) is 35.1. The van der Waals surface area contributed by atoms with Crippen molar-refractivity contribution >= 4 is 63.4 Å². The fourth-order valence-corrected chi connectivity index (χ4v) is 10.5. The molecule has 3 saturated heterocycles. The van der Waals surface area contributed by atoms with Crippen LogP contribution in [0.25, 0.3) is 0 Å². The first-order valence-electron chi connectivity index (χ1n) is 34.3.